The molecule has 4 nitrogen and oxygen atoms in total. The molecule has 4 heteroatoms. The highest BCUT2D eigenvalue weighted by atomic mass is 16.5. The van der Waals surface area contributed by atoms with Crippen molar-refractivity contribution in [2.45, 2.75) is 27.2 Å². The van der Waals surface area contributed by atoms with E-state index in [1.807, 2.05) is 29.5 Å². The number of nitrogens with zero attached hydrogens (tertiary/aromatic N) is 2. The summed E-state index contributed by atoms with van der Waals surface area (Å²) in [6.45, 7) is 8.16. The first-order chi connectivity index (χ1) is 10.5. The van der Waals surface area contributed by atoms with Gasteiger partial charge in [-0.05, 0) is 31.4 Å². The molecule has 120 valence electrons. The molecule has 0 saturated heterocycles. The van der Waals surface area contributed by atoms with Gasteiger partial charge in [-0.1, -0.05) is 25.1 Å². The number of aryl methyl sites for hydroxylation is 3. The number of aromatic nitrogens is 1. The Balaban J connectivity index is 2.48. The van der Waals surface area contributed by atoms with Gasteiger partial charge in [-0.3, -0.25) is 4.79 Å². The Labute approximate surface area is 132 Å². The molecule has 1 heterocycles. The van der Waals surface area contributed by atoms with Gasteiger partial charge in [-0.2, -0.15) is 0 Å². The molecular weight excluding hydrogens is 276 g/mol. The van der Waals surface area contributed by atoms with Crippen LogP contribution in [0.25, 0.3) is 10.9 Å². The summed E-state index contributed by atoms with van der Waals surface area (Å²) in [5.41, 5.74) is 4.19. The zero-order valence-corrected chi connectivity index (χ0v) is 14.3. The van der Waals surface area contributed by atoms with E-state index in [0.717, 1.165) is 35.1 Å². The predicted octanol–water partition coefficient (Wildman–Crippen LogP) is 3.29. The standard InChI is InChI=1S/C18H26N2O2/c1-6-10-20(11-12-22-5)18(21)17-14(3)15-9-7-8-13(2)16(15)19(17)4/h7-9H,6,10-12H2,1-5H3. The molecular formula is C18H26N2O2. The lowest BCUT2D eigenvalue weighted by Crippen LogP contribution is -2.36. The largest absolute Gasteiger partial charge is 0.383 e. The van der Waals surface area contributed by atoms with E-state index in [-0.39, 0.29) is 5.91 Å². The van der Waals surface area contributed by atoms with Gasteiger partial charge < -0.3 is 14.2 Å². The fraction of sp³-hybridized carbons (Fsp3) is 0.500. The van der Waals surface area contributed by atoms with Gasteiger partial charge >= 0.3 is 0 Å². The minimum Gasteiger partial charge on any atom is -0.383 e. The average molecular weight is 302 g/mol. The van der Waals surface area contributed by atoms with E-state index in [9.17, 15) is 4.79 Å². The van der Waals surface area contributed by atoms with Crippen molar-refractivity contribution >= 4 is 16.8 Å². The Morgan fingerprint density at radius 2 is 2.00 bits per heavy atom. The Hall–Kier alpha value is -1.81. The summed E-state index contributed by atoms with van der Waals surface area (Å²) in [5, 5.41) is 1.16. The van der Waals surface area contributed by atoms with Crippen LogP contribution in [0.15, 0.2) is 18.2 Å². The highest BCUT2D eigenvalue weighted by Crippen LogP contribution is 2.28. The van der Waals surface area contributed by atoms with E-state index in [1.54, 1.807) is 7.11 Å². The third-order valence-corrected chi connectivity index (χ3v) is 4.22. The van der Waals surface area contributed by atoms with Crippen LogP contribution < -0.4 is 0 Å². The number of benzene rings is 1. The minimum atomic E-state index is 0.0921. The molecule has 0 N–H and O–H groups in total. The predicted molar refractivity (Wildman–Crippen MR) is 90.5 cm³/mol. The maximum absolute atomic E-state index is 13.0. The lowest BCUT2D eigenvalue weighted by atomic mass is 10.1. The number of carbonyl (C=O) groups is 1. The van der Waals surface area contributed by atoms with Crippen molar-refractivity contribution in [2.75, 3.05) is 26.8 Å². The molecule has 2 aromatic rings. The first-order valence-corrected chi connectivity index (χ1v) is 7.85. The first-order valence-electron chi connectivity index (χ1n) is 7.85. The lowest BCUT2D eigenvalue weighted by molar-refractivity contribution is 0.0686. The molecule has 0 aliphatic rings. The third kappa shape index (κ3) is 2.88. The molecule has 1 aromatic carbocycles. The molecule has 2 rings (SSSR count). The minimum absolute atomic E-state index is 0.0921. The van der Waals surface area contributed by atoms with Crippen LogP contribution in [0.2, 0.25) is 0 Å². The molecule has 0 atom stereocenters. The zero-order chi connectivity index (χ0) is 16.3. The number of rotatable bonds is 6. The van der Waals surface area contributed by atoms with Gasteiger partial charge in [-0.15, -0.1) is 0 Å². The van der Waals surface area contributed by atoms with Crippen LogP contribution in [-0.2, 0) is 11.8 Å². The summed E-state index contributed by atoms with van der Waals surface area (Å²) < 4.78 is 7.18. The van der Waals surface area contributed by atoms with E-state index in [0.29, 0.717) is 13.2 Å². The number of fused-ring (bicyclic) bond motifs is 1. The van der Waals surface area contributed by atoms with E-state index in [1.165, 1.54) is 5.56 Å². The molecule has 1 aromatic heterocycles. The summed E-state index contributed by atoms with van der Waals surface area (Å²) in [6, 6.07) is 6.23. The Kier molecular flexibility index (Phi) is 5.24. The van der Waals surface area contributed by atoms with Crippen LogP contribution in [0.3, 0.4) is 0 Å². The molecule has 1 amide bonds. The summed E-state index contributed by atoms with van der Waals surface area (Å²) in [7, 11) is 3.65. The highest BCUT2D eigenvalue weighted by Gasteiger charge is 2.23. The summed E-state index contributed by atoms with van der Waals surface area (Å²) in [4.78, 5) is 14.9. The average Bonchev–Trinajstić information content (AvgIpc) is 2.75. The Bertz CT molecular complexity index is 673. The molecule has 0 radical (unpaired) electrons. The van der Waals surface area contributed by atoms with Crippen molar-refractivity contribution in [1.29, 1.82) is 0 Å². The normalized spacial score (nSPS) is 11.1. The SMILES string of the molecule is CCCN(CCOC)C(=O)c1c(C)c2cccc(C)c2n1C. The molecule has 0 aliphatic carbocycles. The smallest absolute Gasteiger partial charge is 0.270 e. The third-order valence-electron chi connectivity index (χ3n) is 4.22. The fourth-order valence-corrected chi connectivity index (χ4v) is 3.14. The van der Waals surface area contributed by atoms with Crippen LogP contribution >= 0.6 is 0 Å². The second-order valence-electron chi connectivity index (χ2n) is 5.79. The van der Waals surface area contributed by atoms with Crippen molar-refractivity contribution in [3.05, 3.63) is 35.0 Å². The van der Waals surface area contributed by atoms with Crippen molar-refractivity contribution in [2.24, 2.45) is 7.05 Å². The number of carbonyl (C=O) groups excluding carboxylic acids is 1. The van der Waals surface area contributed by atoms with Gasteiger partial charge in [0.1, 0.15) is 5.69 Å². The second-order valence-corrected chi connectivity index (χ2v) is 5.79. The van der Waals surface area contributed by atoms with Gasteiger partial charge in [-0.25, -0.2) is 0 Å². The maximum Gasteiger partial charge on any atom is 0.270 e. The van der Waals surface area contributed by atoms with Gasteiger partial charge in [0.05, 0.1) is 12.1 Å². The summed E-state index contributed by atoms with van der Waals surface area (Å²) in [6.07, 6.45) is 0.942. The second kappa shape index (κ2) is 6.97. The summed E-state index contributed by atoms with van der Waals surface area (Å²) >= 11 is 0. The number of methoxy groups -OCH3 is 1. The van der Waals surface area contributed by atoms with Crippen LogP contribution in [0.1, 0.15) is 35.0 Å². The Morgan fingerprint density at radius 1 is 1.27 bits per heavy atom. The van der Waals surface area contributed by atoms with Crippen LogP contribution in [0.5, 0.6) is 0 Å². The maximum atomic E-state index is 13.0. The molecule has 0 aliphatic heterocycles. The molecule has 0 bridgehead atoms. The lowest BCUT2D eigenvalue weighted by Gasteiger charge is -2.22. The van der Waals surface area contributed by atoms with Crippen LogP contribution in [0, 0.1) is 13.8 Å². The van der Waals surface area contributed by atoms with Crippen LogP contribution in [0.4, 0.5) is 0 Å². The Morgan fingerprint density at radius 3 is 2.59 bits per heavy atom. The number of hydrogen-bond donors (Lipinski definition) is 0. The highest BCUT2D eigenvalue weighted by molar-refractivity contribution is 6.02. The van der Waals surface area contributed by atoms with Gasteiger partial charge in [0.2, 0.25) is 0 Å². The number of amides is 1. The fourth-order valence-electron chi connectivity index (χ4n) is 3.14. The molecule has 0 spiro atoms. The first kappa shape index (κ1) is 16.6. The quantitative estimate of drug-likeness (QED) is 0.820. The molecule has 0 unspecified atom stereocenters. The monoisotopic (exact) mass is 302 g/mol. The van der Waals surface area contributed by atoms with Gasteiger partial charge in [0, 0.05) is 32.6 Å². The number of ether oxygens (including phenoxy) is 1. The van der Waals surface area contributed by atoms with Crippen LogP contribution in [-0.4, -0.2) is 42.2 Å². The molecule has 0 saturated carbocycles. The van der Waals surface area contributed by atoms with Crippen molar-refractivity contribution in [3.63, 3.8) is 0 Å². The van der Waals surface area contributed by atoms with E-state index in [2.05, 4.69) is 26.0 Å². The van der Waals surface area contributed by atoms with Crippen molar-refractivity contribution in [3.8, 4) is 0 Å². The topological polar surface area (TPSA) is 34.5 Å². The number of para-hydroxylation sites is 1. The van der Waals surface area contributed by atoms with E-state index >= 15 is 0 Å². The van der Waals surface area contributed by atoms with Crippen molar-refractivity contribution < 1.29 is 9.53 Å². The van der Waals surface area contributed by atoms with Gasteiger partial charge in [0.15, 0.2) is 0 Å². The zero-order valence-electron chi connectivity index (χ0n) is 14.3. The molecule has 0 fully saturated rings. The van der Waals surface area contributed by atoms with E-state index in [4.69, 9.17) is 4.74 Å². The van der Waals surface area contributed by atoms with E-state index < -0.39 is 0 Å². The molecule has 22 heavy (non-hydrogen) atoms. The summed E-state index contributed by atoms with van der Waals surface area (Å²) in [5.74, 6) is 0.0921. The van der Waals surface area contributed by atoms with Gasteiger partial charge in [0.25, 0.3) is 5.91 Å². The number of hydrogen-bond acceptors (Lipinski definition) is 2. The van der Waals surface area contributed by atoms with Crippen molar-refractivity contribution in [1.82, 2.24) is 9.47 Å².